The molecule has 0 heterocycles. The van der Waals surface area contributed by atoms with E-state index < -0.39 is 0 Å². The van der Waals surface area contributed by atoms with Crippen molar-refractivity contribution in [3.05, 3.63) is 0 Å². The van der Waals surface area contributed by atoms with Gasteiger partial charge in [0.25, 0.3) is 0 Å². The van der Waals surface area contributed by atoms with E-state index in [9.17, 15) is 0 Å². The van der Waals surface area contributed by atoms with E-state index in [4.69, 9.17) is 10.5 Å². The molecule has 0 spiro atoms. The Morgan fingerprint density at radius 2 is 2.00 bits per heavy atom. The molecule has 15 heavy (non-hydrogen) atoms. The normalized spacial score (nSPS) is 13.0. The summed E-state index contributed by atoms with van der Waals surface area (Å²) in [5, 5.41) is 3.37. The van der Waals surface area contributed by atoms with Crippen LogP contribution in [0.4, 0.5) is 0 Å². The number of nitrogens with one attached hydrogen (secondary N) is 1. The van der Waals surface area contributed by atoms with E-state index in [1.165, 1.54) is 32.1 Å². The van der Waals surface area contributed by atoms with E-state index in [-0.39, 0.29) is 0 Å². The van der Waals surface area contributed by atoms with Crippen molar-refractivity contribution in [3.63, 3.8) is 0 Å². The van der Waals surface area contributed by atoms with Gasteiger partial charge in [-0.2, -0.15) is 0 Å². The molecule has 3 nitrogen and oxygen atoms in total. The van der Waals surface area contributed by atoms with Crippen LogP contribution in [0, 0.1) is 5.92 Å². The van der Waals surface area contributed by atoms with Gasteiger partial charge in [0, 0.05) is 13.7 Å². The summed E-state index contributed by atoms with van der Waals surface area (Å²) in [6.45, 7) is 5.96. The Balaban J connectivity index is 3.28. The predicted molar refractivity (Wildman–Crippen MR) is 66.0 cm³/mol. The number of hydrogen-bond acceptors (Lipinski definition) is 3. The standard InChI is InChI=1S/C12H28N2O/c1-3-5-12(7-8-13)6-4-9-14-10-11-15-2/h12,14H,3-11,13H2,1-2H3. The summed E-state index contributed by atoms with van der Waals surface area (Å²) in [5.41, 5.74) is 5.60. The highest BCUT2D eigenvalue weighted by molar-refractivity contribution is 4.60. The summed E-state index contributed by atoms with van der Waals surface area (Å²) in [7, 11) is 1.74. The SMILES string of the molecule is CCCC(CCN)CCCNCCOC. The fourth-order valence-electron chi connectivity index (χ4n) is 1.89. The van der Waals surface area contributed by atoms with Gasteiger partial charge in [-0.3, -0.25) is 0 Å². The van der Waals surface area contributed by atoms with Crippen LogP contribution in [-0.2, 0) is 4.74 Å². The molecule has 1 unspecified atom stereocenters. The molecule has 0 aliphatic heterocycles. The molecule has 0 fully saturated rings. The molecule has 0 aromatic heterocycles. The van der Waals surface area contributed by atoms with Gasteiger partial charge >= 0.3 is 0 Å². The smallest absolute Gasteiger partial charge is 0.0587 e. The van der Waals surface area contributed by atoms with Crippen LogP contribution in [0.2, 0.25) is 0 Å². The topological polar surface area (TPSA) is 47.3 Å². The predicted octanol–water partition coefficient (Wildman–Crippen LogP) is 1.77. The summed E-state index contributed by atoms with van der Waals surface area (Å²) in [5.74, 6) is 0.837. The van der Waals surface area contributed by atoms with Crippen molar-refractivity contribution in [2.45, 2.75) is 39.0 Å². The molecule has 0 radical (unpaired) electrons. The molecule has 3 N–H and O–H groups in total. The number of ether oxygens (including phenoxy) is 1. The van der Waals surface area contributed by atoms with Gasteiger partial charge in [0.15, 0.2) is 0 Å². The Bertz CT molecular complexity index is 114. The highest BCUT2D eigenvalue weighted by Crippen LogP contribution is 2.16. The highest BCUT2D eigenvalue weighted by Gasteiger charge is 2.05. The Morgan fingerprint density at radius 1 is 1.20 bits per heavy atom. The zero-order valence-electron chi connectivity index (χ0n) is 10.4. The maximum absolute atomic E-state index is 5.60. The van der Waals surface area contributed by atoms with Gasteiger partial charge in [-0.15, -0.1) is 0 Å². The maximum Gasteiger partial charge on any atom is 0.0587 e. The Hall–Kier alpha value is -0.120. The first-order valence-electron chi connectivity index (χ1n) is 6.24. The van der Waals surface area contributed by atoms with Gasteiger partial charge in [0.05, 0.1) is 6.61 Å². The first-order valence-corrected chi connectivity index (χ1v) is 6.24. The van der Waals surface area contributed by atoms with Crippen molar-refractivity contribution in [2.24, 2.45) is 11.7 Å². The maximum atomic E-state index is 5.60. The molecule has 3 heteroatoms. The van der Waals surface area contributed by atoms with E-state index in [2.05, 4.69) is 12.2 Å². The number of nitrogens with two attached hydrogens (primary N) is 1. The van der Waals surface area contributed by atoms with Crippen LogP contribution in [0.3, 0.4) is 0 Å². The van der Waals surface area contributed by atoms with Crippen molar-refractivity contribution >= 4 is 0 Å². The van der Waals surface area contributed by atoms with Crippen LogP contribution < -0.4 is 11.1 Å². The lowest BCUT2D eigenvalue weighted by Gasteiger charge is -2.14. The fourth-order valence-corrected chi connectivity index (χ4v) is 1.89. The van der Waals surface area contributed by atoms with E-state index in [1.54, 1.807) is 7.11 Å². The minimum Gasteiger partial charge on any atom is -0.383 e. The second-order valence-electron chi connectivity index (χ2n) is 4.12. The molecule has 0 aromatic rings. The quantitative estimate of drug-likeness (QED) is 0.517. The molecule has 0 aromatic carbocycles. The Morgan fingerprint density at radius 3 is 2.60 bits per heavy atom. The molecular formula is C12H28N2O. The van der Waals surface area contributed by atoms with E-state index in [0.717, 1.165) is 32.2 Å². The van der Waals surface area contributed by atoms with Crippen molar-refractivity contribution < 1.29 is 4.74 Å². The summed E-state index contributed by atoms with van der Waals surface area (Å²) in [6.07, 6.45) is 6.36. The largest absolute Gasteiger partial charge is 0.383 e. The van der Waals surface area contributed by atoms with E-state index in [1.807, 2.05) is 0 Å². The monoisotopic (exact) mass is 216 g/mol. The minimum atomic E-state index is 0.807. The lowest BCUT2D eigenvalue weighted by molar-refractivity contribution is 0.199. The molecule has 0 saturated heterocycles. The minimum absolute atomic E-state index is 0.807. The number of methoxy groups -OCH3 is 1. The molecule has 0 rings (SSSR count). The Kier molecular flexibility index (Phi) is 11.9. The van der Waals surface area contributed by atoms with Gasteiger partial charge in [0.1, 0.15) is 0 Å². The van der Waals surface area contributed by atoms with Crippen LogP contribution in [0.25, 0.3) is 0 Å². The molecule has 1 atom stereocenters. The molecule has 0 aliphatic rings. The Labute approximate surface area is 94.8 Å². The molecule has 0 amide bonds. The lowest BCUT2D eigenvalue weighted by Crippen LogP contribution is -2.21. The zero-order valence-corrected chi connectivity index (χ0v) is 10.4. The average molecular weight is 216 g/mol. The second-order valence-corrected chi connectivity index (χ2v) is 4.12. The first kappa shape index (κ1) is 14.9. The van der Waals surface area contributed by atoms with Crippen LogP contribution >= 0.6 is 0 Å². The number of rotatable bonds is 11. The molecule has 0 saturated carbocycles. The first-order chi connectivity index (χ1) is 7.35. The van der Waals surface area contributed by atoms with Crippen LogP contribution in [0.1, 0.15) is 39.0 Å². The molecule has 0 aliphatic carbocycles. The highest BCUT2D eigenvalue weighted by atomic mass is 16.5. The summed E-state index contributed by atoms with van der Waals surface area (Å²) >= 11 is 0. The van der Waals surface area contributed by atoms with Gasteiger partial charge in [-0.25, -0.2) is 0 Å². The van der Waals surface area contributed by atoms with Gasteiger partial charge in [-0.1, -0.05) is 19.8 Å². The number of hydrogen-bond donors (Lipinski definition) is 2. The molecular weight excluding hydrogens is 188 g/mol. The van der Waals surface area contributed by atoms with E-state index >= 15 is 0 Å². The van der Waals surface area contributed by atoms with Crippen LogP contribution in [0.5, 0.6) is 0 Å². The van der Waals surface area contributed by atoms with Crippen LogP contribution in [-0.4, -0.2) is 33.4 Å². The van der Waals surface area contributed by atoms with Crippen LogP contribution in [0.15, 0.2) is 0 Å². The third kappa shape index (κ3) is 10.2. The van der Waals surface area contributed by atoms with Crippen molar-refractivity contribution in [1.82, 2.24) is 5.32 Å². The third-order valence-electron chi connectivity index (χ3n) is 2.72. The fraction of sp³-hybridized carbons (Fsp3) is 1.00. The van der Waals surface area contributed by atoms with Gasteiger partial charge in [0.2, 0.25) is 0 Å². The molecule has 0 bridgehead atoms. The average Bonchev–Trinajstić information content (AvgIpc) is 2.24. The van der Waals surface area contributed by atoms with Gasteiger partial charge in [-0.05, 0) is 38.3 Å². The zero-order chi connectivity index (χ0) is 11.4. The van der Waals surface area contributed by atoms with Crippen molar-refractivity contribution in [3.8, 4) is 0 Å². The second kappa shape index (κ2) is 12.0. The lowest BCUT2D eigenvalue weighted by atomic mass is 9.94. The summed E-state index contributed by atoms with van der Waals surface area (Å²) in [6, 6.07) is 0. The van der Waals surface area contributed by atoms with Crippen molar-refractivity contribution in [1.29, 1.82) is 0 Å². The van der Waals surface area contributed by atoms with Gasteiger partial charge < -0.3 is 15.8 Å². The van der Waals surface area contributed by atoms with E-state index in [0.29, 0.717) is 0 Å². The third-order valence-corrected chi connectivity index (χ3v) is 2.72. The summed E-state index contributed by atoms with van der Waals surface area (Å²) in [4.78, 5) is 0. The summed E-state index contributed by atoms with van der Waals surface area (Å²) < 4.78 is 4.97. The van der Waals surface area contributed by atoms with Crippen molar-refractivity contribution in [2.75, 3.05) is 33.4 Å². The molecule has 92 valence electrons.